The van der Waals surface area contributed by atoms with Gasteiger partial charge in [0, 0.05) is 0 Å². The lowest BCUT2D eigenvalue weighted by Crippen LogP contribution is -2.18. The van der Waals surface area contributed by atoms with Crippen LogP contribution in [0.4, 0.5) is 0 Å². The summed E-state index contributed by atoms with van der Waals surface area (Å²) in [6.07, 6.45) is 2.78. The molecule has 1 saturated carbocycles. The van der Waals surface area contributed by atoms with E-state index in [0.29, 0.717) is 0 Å². The standard InChI is InChI=1S/C8H16N2/c9-4-7-6-2-1-3-10-5-8(6)7/h6-8,10H,1-5,9H2. The molecule has 2 rings (SSSR count). The summed E-state index contributed by atoms with van der Waals surface area (Å²) in [5.74, 6) is 2.79. The number of nitrogens with two attached hydrogens (primary N) is 1. The number of rotatable bonds is 1. The molecule has 3 N–H and O–H groups in total. The Kier molecular flexibility index (Phi) is 1.66. The van der Waals surface area contributed by atoms with Crippen molar-refractivity contribution in [2.24, 2.45) is 23.5 Å². The van der Waals surface area contributed by atoms with Crippen LogP contribution in [0.2, 0.25) is 0 Å². The molecule has 2 nitrogen and oxygen atoms in total. The van der Waals surface area contributed by atoms with Gasteiger partial charge in [-0.15, -0.1) is 0 Å². The predicted molar refractivity (Wildman–Crippen MR) is 41.6 cm³/mol. The Balaban J connectivity index is 1.89. The van der Waals surface area contributed by atoms with Crippen LogP contribution in [0.5, 0.6) is 0 Å². The minimum Gasteiger partial charge on any atom is -0.330 e. The van der Waals surface area contributed by atoms with Crippen molar-refractivity contribution in [2.75, 3.05) is 19.6 Å². The SMILES string of the molecule is NCC1C2CCCNCC12. The zero-order valence-corrected chi connectivity index (χ0v) is 6.34. The Hall–Kier alpha value is -0.0800. The average Bonchev–Trinajstić information content (AvgIpc) is 2.59. The van der Waals surface area contributed by atoms with Crippen LogP contribution in [0.3, 0.4) is 0 Å². The molecule has 2 fully saturated rings. The summed E-state index contributed by atoms with van der Waals surface area (Å²) in [7, 11) is 0. The monoisotopic (exact) mass is 140 g/mol. The third-order valence-electron chi connectivity index (χ3n) is 3.05. The van der Waals surface area contributed by atoms with Gasteiger partial charge in [0.15, 0.2) is 0 Å². The van der Waals surface area contributed by atoms with E-state index in [1.807, 2.05) is 0 Å². The van der Waals surface area contributed by atoms with Gasteiger partial charge in [-0.25, -0.2) is 0 Å². The third kappa shape index (κ3) is 0.956. The van der Waals surface area contributed by atoms with Crippen LogP contribution in [0.25, 0.3) is 0 Å². The Labute approximate surface area is 62.2 Å². The molecule has 2 aliphatic rings. The van der Waals surface area contributed by atoms with Gasteiger partial charge in [0.05, 0.1) is 0 Å². The molecule has 2 heteroatoms. The summed E-state index contributed by atoms with van der Waals surface area (Å²) in [6, 6.07) is 0. The summed E-state index contributed by atoms with van der Waals surface area (Å²) < 4.78 is 0. The van der Waals surface area contributed by atoms with Gasteiger partial charge < -0.3 is 11.1 Å². The molecule has 0 radical (unpaired) electrons. The van der Waals surface area contributed by atoms with Crippen molar-refractivity contribution in [2.45, 2.75) is 12.8 Å². The molecule has 0 amide bonds. The molecule has 3 atom stereocenters. The number of nitrogens with one attached hydrogen (secondary N) is 1. The van der Waals surface area contributed by atoms with Crippen molar-refractivity contribution in [1.82, 2.24) is 5.32 Å². The molecule has 1 aliphatic heterocycles. The van der Waals surface area contributed by atoms with Crippen molar-refractivity contribution in [1.29, 1.82) is 0 Å². The average molecular weight is 140 g/mol. The first-order valence-corrected chi connectivity index (χ1v) is 4.34. The van der Waals surface area contributed by atoms with Crippen molar-refractivity contribution < 1.29 is 0 Å². The fraction of sp³-hybridized carbons (Fsp3) is 1.00. The Morgan fingerprint density at radius 3 is 3.10 bits per heavy atom. The van der Waals surface area contributed by atoms with E-state index in [0.717, 1.165) is 24.3 Å². The second kappa shape index (κ2) is 2.51. The van der Waals surface area contributed by atoms with Crippen LogP contribution in [0, 0.1) is 17.8 Å². The lowest BCUT2D eigenvalue weighted by Gasteiger charge is -2.00. The fourth-order valence-electron chi connectivity index (χ4n) is 2.34. The molecule has 0 aromatic carbocycles. The van der Waals surface area contributed by atoms with Crippen LogP contribution >= 0.6 is 0 Å². The second-order valence-electron chi connectivity index (χ2n) is 3.57. The third-order valence-corrected chi connectivity index (χ3v) is 3.05. The van der Waals surface area contributed by atoms with E-state index < -0.39 is 0 Å². The van der Waals surface area contributed by atoms with E-state index >= 15 is 0 Å². The first-order valence-electron chi connectivity index (χ1n) is 4.34. The van der Waals surface area contributed by atoms with Crippen molar-refractivity contribution >= 4 is 0 Å². The highest BCUT2D eigenvalue weighted by molar-refractivity contribution is 4.99. The van der Waals surface area contributed by atoms with Gasteiger partial charge in [-0.2, -0.15) is 0 Å². The van der Waals surface area contributed by atoms with Crippen LogP contribution in [-0.4, -0.2) is 19.6 Å². The molecular weight excluding hydrogens is 124 g/mol. The van der Waals surface area contributed by atoms with E-state index in [2.05, 4.69) is 5.32 Å². The largest absolute Gasteiger partial charge is 0.330 e. The lowest BCUT2D eigenvalue weighted by molar-refractivity contribution is 0.582. The molecule has 1 heterocycles. The first-order chi connectivity index (χ1) is 4.93. The minimum atomic E-state index is 0.868. The molecule has 10 heavy (non-hydrogen) atoms. The van der Waals surface area contributed by atoms with Gasteiger partial charge in [0.1, 0.15) is 0 Å². The Bertz CT molecular complexity index is 112. The predicted octanol–water partition coefficient (Wildman–Crippen LogP) is 0.191. The molecule has 0 bridgehead atoms. The fourth-order valence-corrected chi connectivity index (χ4v) is 2.34. The molecule has 3 unspecified atom stereocenters. The van der Waals surface area contributed by atoms with Gasteiger partial charge in [-0.1, -0.05) is 0 Å². The van der Waals surface area contributed by atoms with Crippen molar-refractivity contribution in [3.05, 3.63) is 0 Å². The number of hydrogen-bond donors (Lipinski definition) is 2. The summed E-state index contributed by atoms with van der Waals surface area (Å²) in [5, 5.41) is 3.45. The zero-order valence-electron chi connectivity index (χ0n) is 6.34. The summed E-state index contributed by atoms with van der Waals surface area (Å²) in [5.41, 5.74) is 5.62. The Morgan fingerprint density at radius 1 is 1.40 bits per heavy atom. The molecule has 58 valence electrons. The molecule has 0 spiro atoms. The molecule has 0 aromatic rings. The van der Waals surface area contributed by atoms with Crippen LogP contribution in [0.15, 0.2) is 0 Å². The van der Waals surface area contributed by atoms with E-state index in [1.54, 1.807) is 0 Å². The topological polar surface area (TPSA) is 38.0 Å². The smallest absolute Gasteiger partial charge is 0.00145 e. The van der Waals surface area contributed by atoms with Crippen LogP contribution in [0.1, 0.15) is 12.8 Å². The summed E-state index contributed by atoms with van der Waals surface area (Å²) in [4.78, 5) is 0. The Morgan fingerprint density at radius 2 is 2.30 bits per heavy atom. The van der Waals surface area contributed by atoms with Crippen LogP contribution in [-0.2, 0) is 0 Å². The number of hydrogen-bond acceptors (Lipinski definition) is 2. The van der Waals surface area contributed by atoms with E-state index in [1.165, 1.54) is 25.9 Å². The maximum Gasteiger partial charge on any atom is -0.00145 e. The second-order valence-corrected chi connectivity index (χ2v) is 3.57. The molecular formula is C8H16N2. The van der Waals surface area contributed by atoms with Crippen molar-refractivity contribution in [3.63, 3.8) is 0 Å². The maximum absolute atomic E-state index is 5.62. The highest BCUT2D eigenvalue weighted by Gasteiger charge is 2.48. The van der Waals surface area contributed by atoms with Gasteiger partial charge in [-0.3, -0.25) is 0 Å². The van der Waals surface area contributed by atoms with Crippen LogP contribution < -0.4 is 11.1 Å². The molecule has 0 aromatic heterocycles. The van der Waals surface area contributed by atoms with Gasteiger partial charge in [0.25, 0.3) is 0 Å². The highest BCUT2D eigenvalue weighted by atomic mass is 14.9. The summed E-state index contributed by atoms with van der Waals surface area (Å²) in [6.45, 7) is 3.37. The van der Waals surface area contributed by atoms with Gasteiger partial charge in [0.2, 0.25) is 0 Å². The normalized spacial score (nSPS) is 45.9. The minimum absolute atomic E-state index is 0.868. The van der Waals surface area contributed by atoms with E-state index in [4.69, 9.17) is 5.73 Å². The first kappa shape index (κ1) is 6.62. The zero-order chi connectivity index (χ0) is 6.97. The summed E-state index contributed by atoms with van der Waals surface area (Å²) >= 11 is 0. The molecule has 1 aliphatic carbocycles. The van der Waals surface area contributed by atoms with E-state index in [9.17, 15) is 0 Å². The van der Waals surface area contributed by atoms with Crippen molar-refractivity contribution in [3.8, 4) is 0 Å². The lowest BCUT2D eigenvalue weighted by atomic mass is 10.2. The number of fused-ring (bicyclic) bond motifs is 1. The molecule has 1 saturated heterocycles. The maximum atomic E-state index is 5.62. The quantitative estimate of drug-likeness (QED) is 0.545. The van der Waals surface area contributed by atoms with Gasteiger partial charge >= 0.3 is 0 Å². The van der Waals surface area contributed by atoms with Gasteiger partial charge in [-0.05, 0) is 50.2 Å². The highest BCUT2D eigenvalue weighted by Crippen LogP contribution is 2.48. The van der Waals surface area contributed by atoms with E-state index in [-0.39, 0.29) is 0 Å².